The minimum absolute atomic E-state index is 0.372. The Balaban J connectivity index is 2.43. The van der Waals surface area contributed by atoms with Crippen LogP contribution < -0.4 is 5.73 Å². The van der Waals surface area contributed by atoms with E-state index in [0.29, 0.717) is 41.9 Å². The van der Waals surface area contributed by atoms with E-state index in [-0.39, 0.29) is 0 Å². The average molecular weight is 282 g/mol. The van der Waals surface area contributed by atoms with Gasteiger partial charge >= 0.3 is 0 Å². The number of nitrogens with two attached hydrogens (primary N) is 1. The molecule has 0 bridgehead atoms. The first-order valence-corrected chi connectivity index (χ1v) is 8.18. The van der Waals surface area contributed by atoms with E-state index < -0.39 is 10.0 Å². The number of nitrogens with zero attached hydrogens (tertiary/aromatic N) is 1. The van der Waals surface area contributed by atoms with Crippen molar-refractivity contribution in [2.24, 2.45) is 11.8 Å². The molecule has 1 aromatic rings. The van der Waals surface area contributed by atoms with Gasteiger partial charge in [-0.05, 0) is 36.0 Å². The smallest absolute Gasteiger partial charge is 0.243 e. The highest BCUT2D eigenvalue weighted by molar-refractivity contribution is 7.89. The summed E-state index contributed by atoms with van der Waals surface area (Å²) in [5, 5.41) is 0. The van der Waals surface area contributed by atoms with Gasteiger partial charge < -0.3 is 5.73 Å². The van der Waals surface area contributed by atoms with Gasteiger partial charge in [0.15, 0.2) is 0 Å². The number of anilines is 1. The third-order valence-corrected chi connectivity index (χ3v) is 5.96. The molecule has 2 unspecified atom stereocenters. The molecule has 1 saturated heterocycles. The van der Waals surface area contributed by atoms with E-state index in [1.165, 1.54) is 0 Å². The molecule has 0 spiro atoms. The second kappa shape index (κ2) is 5.13. The van der Waals surface area contributed by atoms with E-state index in [0.717, 1.165) is 5.56 Å². The van der Waals surface area contributed by atoms with E-state index in [1.54, 1.807) is 16.4 Å². The minimum Gasteiger partial charge on any atom is -0.399 e. The molecule has 0 radical (unpaired) electrons. The van der Waals surface area contributed by atoms with Crippen LogP contribution in [-0.2, 0) is 16.4 Å². The van der Waals surface area contributed by atoms with E-state index >= 15 is 0 Å². The fourth-order valence-electron chi connectivity index (χ4n) is 2.52. The molecule has 5 heteroatoms. The lowest BCUT2D eigenvalue weighted by Crippen LogP contribution is -2.29. The lowest BCUT2D eigenvalue weighted by atomic mass is 10.0. The second-order valence-corrected chi connectivity index (χ2v) is 7.40. The third kappa shape index (κ3) is 2.62. The summed E-state index contributed by atoms with van der Waals surface area (Å²) in [6, 6.07) is 5.15. The molecule has 4 nitrogen and oxygen atoms in total. The quantitative estimate of drug-likeness (QED) is 0.864. The number of nitrogen functional groups attached to an aromatic ring is 1. The van der Waals surface area contributed by atoms with Gasteiger partial charge in [0.2, 0.25) is 10.0 Å². The summed E-state index contributed by atoms with van der Waals surface area (Å²) < 4.78 is 27.0. The monoisotopic (exact) mass is 282 g/mol. The Bertz CT molecular complexity index is 559. The number of benzene rings is 1. The zero-order chi connectivity index (χ0) is 14.2. The molecule has 106 valence electrons. The Morgan fingerprint density at radius 2 is 1.84 bits per heavy atom. The number of sulfonamides is 1. The van der Waals surface area contributed by atoms with Crippen LogP contribution in [0.2, 0.25) is 0 Å². The van der Waals surface area contributed by atoms with Crippen LogP contribution in [0.1, 0.15) is 26.3 Å². The van der Waals surface area contributed by atoms with Crippen LogP contribution in [-0.4, -0.2) is 25.8 Å². The Hall–Kier alpha value is -1.07. The van der Waals surface area contributed by atoms with Gasteiger partial charge in [0.25, 0.3) is 0 Å². The van der Waals surface area contributed by atoms with Crippen molar-refractivity contribution < 1.29 is 8.42 Å². The third-order valence-electron chi connectivity index (χ3n) is 4.04. The molecule has 0 aromatic heterocycles. The summed E-state index contributed by atoms with van der Waals surface area (Å²) in [5.41, 5.74) is 7.08. The van der Waals surface area contributed by atoms with Gasteiger partial charge in [0.1, 0.15) is 0 Å². The summed E-state index contributed by atoms with van der Waals surface area (Å²) >= 11 is 0. The molecule has 19 heavy (non-hydrogen) atoms. The highest BCUT2D eigenvalue weighted by atomic mass is 32.2. The summed E-state index contributed by atoms with van der Waals surface area (Å²) in [5.74, 6) is 0.807. The van der Waals surface area contributed by atoms with Gasteiger partial charge in [-0.25, -0.2) is 8.42 Å². The van der Waals surface area contributed by atoms with Crippen molar-refractivity contribution in [1.82, 2.24) is 4.31 Å². The maximum Gasteiger partial charge on any atom is 0.243 e. The van der Waals surface area contributed by atoms with Gasteiger partial charge in [-0.3, -0.25) is 0 Å². The first-order valence-electron chi connectivity index (χ1n) is 6.74. The highest BCUT2D eigenvalue weighted by Crippen LogP contribution is 2.30. The number of aryl methyl sites for hydroxylation is 1. The molecule has 0 saturated carbocycles. The normalized spacial score (nSPS) is 24.8. The Morgan fingerprint density at radius 1 is 1.26 bits per heavy atom. The zero-order valence-corrected chi connectivity index (χ0v) is 12.6. The van der Waals surface area contributed by atoms with Crippen LogP contribution in [0, 0.1) is 11.8 Å². The standard InChI is InChI=1S/C14H22N2O2S/c1-4-12-5-6-13(15)7-14(12)19(17,18)16-8-10(2)11(3)9-16/h5-7,10-11H,4,8-9,15H2,1-3H3. The number of rotatable bonds is 3. The molecular formula is C14H22N2O2S. The predicted molar refractivity (Wildman–Crippen MR) is 77.3 cm³/mol. The molecule has 1 aromatic carbocycles. The Kier molecular flexibility index (Phi) is 3.87. The van der Waals surface area contributed by atoms with E-state index in [9.17, 15) is 8.42 Å². The van der Waals surface area contributed by atoms with Gasteiger partial charge in [0, 0.05) is 18.8 Å². The molecule has 1 heterocycles. The first-order chi connectivity index (χ1) is 8.86. The lowest BCUT2D eigenvalue weighted by Gasteiger charge is -2.18. The SMILES string of the molecule is CCc1ccc(N)cc1S(=O)(=O)N1CC(C)C(C)C1. The molecule has 0 amide bonds. The van der Waals surface area contributed by atoms with Crippen molar-refractivity contribution in [2.45, 2.75) is 32.1 Å². The van der Waals surface area contributed by atoms with Gasteiger partial charge in [-0.1, -0.05) is 26.8 Å². The van der Waals surface area contributed by atoms with E-state index in [4.69, 9.17) is 5.73 Å². The molecule has 1 aliphatic rings. The van der Waals surface area contributed by atoms with E-state index in [1.807, 2.05) is 13.0 Å². The highest BCUT2D eigenvalue weighted by Gasteiger charge is 2.35. The molecule has 1 aliphatic heterocycles. The topological polar surface area (TPSA) is 63.4 Å². The first kappa shape index (κ1) is 14.3. The summed E-state index contributed by atoms with van der Waals surface area (Å²) in [6.45, 7) is 7.35. The molecular weight excluding hydrogens is 260 g/mol. The van der Waals surface area contributed by atoms with Crippen LogP contribution >= 0.6 is 0 Å². The van der Waals surface area contributed by atoms with Crippen molar-refractivity contribution in [3.63, 3.8) is 0 Å². The second-order valence-electron chi connectivity index (χ2n) is 5.50. The van der Waals surface area contributed by atoms with Gasteiger partial charge in [0.05, 0.1) is 4.90 Å². The van der Waals surface area contributed by atoms with Crippen molar-refractivity contribution in [2.75, 3.05) is 18.8 Å². The lowest BCUT2D eigenvalue weighted by molar-refractivity contribution is 0.462. The van der Waals surface area contributed by atoms with E-state index in [2.05, 4.69) is 13.8 Å². The largest absolute Gasteiger partial charge is 0.399 e. The molecule has 1 fully saturated rings. The maximum absolute atomic E-state index is 12.7. The van der Waals surface area contributed by atoms with Crippen molar-refractivity contribution >= 4 is 15.7 Å². The maximum atomic E-state index is 12.7. The van der Waals surface area contributed by atoms with Gasteiger partial charge in [-0.2, -0.15) is 4.31 Å². The number of hydrogen-bond acceptors (Lipinski definition) is 3. The summed E-state index contributed by atoms with van der Waals surface area (Å²) in [4.78, 5) is 0.372. The predicted octanol–water partition coefficient (Wildman–Crippen LogP) is 2.11. The zero-order valence-electron chi connectivity index (χ0n) is 11.8. The van der Waals surface area contributed by atoms with Crippen LogP contribution in [0.15, 0.2) is 23.1 Å². The fraction of sp³-hybridized carbons (Fsp3) is 0.571. The number of hydrogen-bond donors (Lipinski definition) is 1. The van der Waals surface area contributed by atoms with Crippen molar-refractivity contribution in [1.29, 1.82) is 0 Å². The summed E-state index contributed by atoms with van der Waals surface area (Å²) in [6.07, 6.45) is 0.688. The Labute approximate surface area is 115 Å². The molecule has 2 N–H and O–H groups in total. The van der Waals surface area contributed by atoms with Crippen LogP contribution in [0.3, 0.4) is 0 Å². The molecule has 2 rings (SSSR count). The average Bonchev–Trinajstić information content (AvgIpc) is 2.70. The van der Waals surface area contributed by atoms with Crippen LogP contribution in [0.25, 0.3) is 0 Å². The van der Waals surface area contributed by atoms with Crippen molar-refractivity contribution in [3.8, 4) is 0 Å². The summed E-state index contributed by atoms with van der Waals surface area (Å²) in [7, 11) is -3.42. The fourth-order valence-corrected chi connectivity index (χ4v) is 4.49. The molecule has 0 aliphatic carbocycles. The van der Waals surface area contributed by atoms with Crippen LogP contribution in [0.5, 0.6) is 0 Å². The molecule has 2 atom stereocenters. The minimum atomic E-state index is -3.42. The van der Waals surface area contributed by atoms with Crippen LogP contribution in [0.4, 0.5) is 5.69 Å². The van der Waals surface area contributed by atoms with Gasteiger partial charge in [-0.15, -0.1) is 0 Å². The Morgan fingerprint density at radius 3 is 2.37 bits per heavy atom. The van der Waals surface area contributed by atoms with Crippen molar-refractivity contribution in [3.05, 3.63) is 23.8 Å².